The first-order valence-corrected chi connectivity index (χ1v) is 16.7. The summed E-state index contributed by atoms with van der Waals surface area (Å²) in [5.74, 6) is 0.619. The molecule has 0 spiro atoms. The van der Waals surface area contributed by atoms with Crippen molar-refractivity contribution < 1.29 is 28.9 Å². The zero-order chi connectivity index (χ0) is 32.6. The smallest absolute Gasteiger partial charge is 0.407 e. The number of carbonyl (C=O) groups excluding carboxylic acids is 2. The van der Waals surface area contributed by atoms with Crippen LogP contribution in [0, 0.1) is 5.92 Å². The average molecular weight is 695 g/mol. The molecule has 2 aromatic heterocycles. The number of nitrogens with zero attached hydrogens (tertiary/aromatic N) is 3. The molecule has 0 saturated carbocycles. The van der Waals surface area contributed by atoms with Crippen molar-refractivity contribution in [1.29, 1.82) is 0 Å². The van der Waals surface area contributed by atoms with Crippen molar-refractivity contribution in [2.45, 2.75) is 50.8 Å². The van der Waals surface area contributed by atoms with Crippen LogP contribution < -0.4 is 16.0 Å². The number of pyridine rings is 1. The van der Waals surface area contributed by atoms with Crippen molar-refractivity contribution in [1.82, 2.24) is 20.2 Å². The summed E-state index contributed by atoms with van der Waals surface area (Å²) in [5.41, 5.74) is 2.82. The van der Waals surface area contributed by atoms with Crippen LogP contribution in [-0.2, 0) is 32.0 Å². The number of aromatic nitrogens is 2. The van der Waals surface area contributed by atoms with Crippen LogP contribution in [-0.4, -0.2) is 89.4 Å². The van der Waals surface area contributed by atoms with Gasteiger partial charge in [-0.3, -0.25) is 9.69 Å². The first kappa shape index (κ1) is 35.5. The molecule has 4 aromatic rings. The fourth-order valence-electron chi connectivity index (χ4n) is 5.99. The molecule has 6 rings (SSSR count). The lowest BCUT2D eigenvalue weighted by atomic mass is 10.0. The predicted octanol–water partition coefficient (Wildman–Crippen LogP) is 4.14. The Morgan fingerprint density at radius 2 is 1.94 bits per heavy atom. The normalized spacial score (nSPS) is 19.7. The van der Waals surface area contributed by atoms with Gasteiger partial charge in [0.15, 0.2) is 11.4 Å². The van der Waals surface area contributed by atoms with Crippen molar-refractivity contribution in [3.63, 3.8) is 0 Å². The van der Waals surface area contributed by atoms with Crippen LogP contribution in [0.1, 0.15) is 24.5 Å². The second-order valence-electron chi connectivity index (χ2n) is 11.9. The predicted molar refractivity (Wildman–Crippen MR) is 189 cm³/mol. The van der Waals surface area contributed by atoms with E-state index in [0.717, 1.165) is 33.6 Å². The van der Waals surface area contributed by atoms with Crippen molar-refractivity contribution in [3.8, 4) is 0 Å². The van der Waals surface area contributed by atoms with Gasteiger partial charge in [-0.05, 0) is 48.2 Å². The number of hydrogen-bond acceptors (Lipinski definition) is 11. The maximum Gasteiger partial charge on any atom is 0.407 e. The lowest BCUT2D eigenvalue weighted by Crippen LogP contribution is -2.50. The molecule has 5 atom stereocenters. The lowest BCUT2D eigenvalue weighted by Gasteiger charge is -2.30. The minimum Gasteiger partial charge on any atom is -0.443 e. The summed E-state index contributed by atoms with van der Waals surface area (Å²) < 4.78 is 18.0. The van der Waals surface area contributed by atoms with Crippen molar-refractivity contribution in [3.05, 3.63) is 84.1 Å². The van der Waals surface area contributed by atoms with Crippen LogP contribution in [0.25, 0.3) is 10.2 Å². The van der Waals surface area contributed by atoms with Gasteiger partial charge in [-0.1, -0.05) is 53.8 Å². The molecule has 2 amide bonds. The van der Waals surface area contributed by atoms with E-state index in [1.807, 2.05) is 60.7 Å². The molecule has 4 N–H and O–H groups in total. The average Bonchev–Trinajstić information content (AvgIpc) is 3.78. The molecule has 14 heteroatoms. The molecule has 256 valence electrons. The van der Waals surface area contributed by atoms with Gasteiger partial charge in [0.1, 0.15) is 11.9 Å². The van der Waals surface area contributed by atoms with Crippen LogP contribution in [0.15, 0.2) is 72.9 Å². The largest absolute Gasteiger partial charge is 0.443 e. The molecule has 48 heavy (non-hydrogen) atoms. The standard InChI is InChI=1S/C34H40N6O6S.H2S/c1-22(41)37-33-38-26-11-10-24(18-30(26)47-33)19-40(15-14-36-31-9-5-6-13-35-31)20-28(42)27(17-23-7-3-2-4-8-23)39-34(43)46-29-21-45-32-25(29)12-16-44-32;/h2-11,13,18,25,27-29,32,42H,12,14-17,19-21H2,1H3,(H,35,36)(H,39,43)(H,37,38,41);1H2. The molecule has 2 saturated heterocycles. The summed E-state index contributed by atoms with van der Waals surface area (Å²) in [6.45, 7) is 4.34. The fraction of sp³-hybridized carbons (Fsp3) is 0.412. The number of anilines is 2. The highest BCUT2D eigenvalue weighted by Crippen LogP contribution is 2.33. The van der Waals surface area contributed by atoms with Crippen LogP contribution in [0.4, 0.5) is 15.7 Å². The van der Waals surface area contributed by atoms with Gasteiger partial charge < -0.3 is 35.3 Å². The van der Waals surface area contributed by atoms with Gasteiger partial charge in [0.2, 0.25) is 5.91 Å². The van der Waals surface area contributed by atoms with Gasteiger partial charge in [-0.2, -0.15) is 13.5 Å². The van der Waals surface area contributed by atoms with Gasteiger partial charge in [-0.25, -0.2) is 14.8 Å². The van der Waals surface area contributed by atoms with E-state index < -0.39 is 18.2 Å². The molecule has 2 aromatic carbocycles. The number of benzene rings is 2. The summed E-state index contributed by atoms with van der Waals surface area (Å²) >= 11 is 1.42. The van der Waals surface area contributed by atoms with Gasteiger partial charge in [0.05, 0.1) is 41.5 Å². The SMILES string of the molecule is CC(=O)Nc1nc2ccc(CN(CCNc3ccccn3)CC(O)C(Cc3ccccc3)NC(=O)OC3COC4OCCC34)cc2s1.S. The van der Waals surface area contributed by atoms with E-state index in [2.05, 4.69) is 36.9 Å². The quantitative estimate of drug-likeness (QED) is 0.152. The molecule has 2 aliphatic heterocycles. The molecule has 0 radical (unpaired) electrons. The number of aliphatic hydroxyl groups excluding tert-OH is 1. The third-order valence-electron chi connectivity index (χ3n) is 8.30. The molecule has 4 heterocycles. The molecular weight excluding hydrogens is 653 g/mol. The summed E-state index contributed by atoms with van der Waals surface area (Å²) in [6, 6.07) is 20.9. The molecule has 2 aliphatic rings. The Balaban J connectivity index is 0.00000451. The Morgan fingerprint density at radius 1 is 1.10 bits per heavy atom. The maximum atomic E-state index is 13.2. The van der Waals surface area contributed by atoms with Crippen LogP contribution in [0.5, 0.6) is 0 Å². The van der Waals surface area contributed by atoms with Gasteiger partial charge in [-0.15, -0.1) is 0 Å². The minimum atomic E-state index is -0.918. The number of ether oxygens (including phenoxy) is 3. The van der Waals surface area contributed by atoms with E-state index in [9.17, 15) is 14.7 Å². The lowest BCUT2D eigenvalue weighted by molar-refractivity contribution is -0.114. The zero-order valence-corrected chi connectivity index (χ0v) is 28.5. The van der Waals surface area contributed by atoms with E-state index in [-0.39, 0.29) is 44.3 Å². The minimum absolute atomic E-state index is 0. The van der Waals surface area contributed by atoms with E-state index in [1.165, 1.54) is 18.3 Å². The highest BCUT2D eigenvalue weighted by Gasteiger charge is 2.44. The number of thiazole rings is 1. The highest BCUT2D eigenvalue weighted by molar-refractivity contribution is 7.59. The molecule has 0 aliphatic carbocycles. The zero-order valence-electron chi connectivity index (χ0n) is 26.7. The second kappa shape index (κ2) is 17.0. The monoisotopic (exact) mass is 694 g/mol. The number of amides is 2. The second-order valence-corrected chi connectivity index (χ2v) is 12.9. The van der Waals surface area contributed by atoms with Gasteiger partial charge in [0, 0.05) is 39.3 Å². The molecule has 12 nitrogen and oxygen atoms in total. The van der Waals surface area contributed by atoms with Crippen LogP contribution in [0.2, 0.25) is 0 Å². The summed E-state index contributed by atoms with van der Waals surface area (Å²) in [4.78, 5) is 35.7. The number of aliphatic hydroxyl groups is 1. The fourth-order valence-corrected chi connectivity index (χ4v) is 6.96. The van der Waals surface area contributed by atoms with Crippen molar-refractivity contribution >= 4 is 58.0 Å². The topological polar surface area (TPSA) is 147 Å². The maximum absolute atomic E-state index is 13.2. The first-order chi connectivity index (χ1) is 22.9. The van der Waals surface area contributed by atoms with E-state index in [0.29, 0.717) is 44.4 Å². The molecule has 5 unspecified atom stereocenters. The third-order valence-corrected chi connectivity index (χ3v) is 9.23. The highest BCUT2D eigenvalue weighted by atomic mass is 32.1. The molecule has 0 bridgehead atoms. The van der Waals surface area contributed by atoms with E-state index >= 15 is 0 Å². The van der Waals surface area contributed by atoms with E-state index in [4.69, 9.17) is 14.2 Å². The Kier molecular flexibility index (Phi) is 12.6. The number of carbonyl (C=O) groups is 2. The van der Waals surface area contributed by atoms with Crippen molar-refractivity contribution in [2.75, 3.05) is 43.5 Å². The van der Waals surface area contributed by atoms with Gasteiger partial charge in [0.25, 0.3) is 0 Å². The Labute approximate surface area is 290 Å². The Hall–Kier alpha value is -3.79. The Bertz CT molecular complexity index is 1630. The number of nitrogens with one attached hydrogen (secondary N) is 3. The van der Waals surface area contributed by atoms with Crippen LogP contribution in [0.3, 0.4) is 0 Å². The number of hydrogen-bond donors (Lipinski definition) is 4. The number of rotatable bonds is 14. The van der Waals surface area contributed by atoms with Crippen molar-refractivity contribution in [2.24, 2.45) is 5.92 Å². The Morgan fingerprint density at radius 3 is 2.73 bits per heavy atom. The number of fused-ring (bicyclic) bond motifs is 2. The van der Waals surface area contributed by atoms with Gasteiger partial charge >= 0.3 is 6.09 Å². The molecular formula is C34H42N6O6S2. The number of alkyl carbamates (subject to hydrolysis) is 1. The summed E-state index contributed by atoms with van der Waals surface area (Å²) in [5, 5.41) is 21.3. The molecule has 2 fully saturated rings. The first-order valence-electron chi connectivity index (χ1n) is 15.9. The van der Waals surface area contributed by atoms with Crippen LogP contribution >= 0.6 is 24.8 Å². The summed E-state index contributed by atoms with van der Waals surface area (Å²) in [6.07, 6.45) is 0.722. The third kappa shape index (κ3) is 9.65. The van der Waals surface area contributed by atoms with E-state index in [1.54, 1.807) is 6.20 Å². The summed E-state index contributed by atoms with van der Waals surface area (Å²) in [7, 11) is 0.